The van der Waals surface area contributed by atoms with Gasteiger partial charge in [-0.3, -0.25) is 9.13 Å². The van der Waals surface area contributed by atoms with Gasteiger partial charge in [0.25, 0.3) is 5.02 Å². The van der Waals surface area contributed by atoms with Gasteiger partial charge in [-0.15, -0.1) is 0 Å². The van der Waals surface area contributed by atoms with Crippen molar-refractivity contribution in [3.8, 4) is 0 Å². The predicted molar refractivity (Wildman–Crippen MR) is 57.2 cm³/mol. The lowest BCUT2D eigenvalue weighted by Crippen LogP contribution is -2.41. The molecule has 1 aliphatic rings. The quantitative estimate of drug-likeness (QED) is 0.510. The van der Waals surface area contributed by atoms with Crippen LogP contribution in [0, 0.1) is 0 Å². The summed E-state index contributed by atoms with van der Waals surface area (Å²) in [6, 6.07) is 0. The average Bonchev–Trinajstić information content (AvgIpc) is 2.05. The summed E-state index contributed by atoms with van der Waals surface area (Å²) in [5.74, 6) is 0.193. The maximum absolute atomic E-state index is 11.3. The zero-order chi connectivity index (χ0) is 12.8. The molecule has 0 aliphatic carbocycles. The van der Waals surface area contributed by atoms with Crippen molar-refractivity contribution >= 4 is 21.0 Å². The normalized spacial score (nSPS) is 21.9. The monoisotopic (exact) mass is 272 g/mol. The van der Waals surface area contributed by atoms with Gasteiger partial charge in [0.15, 0.2) is 0 Å². The summed E-state index contributed by atoms with van der Waals surface area (Å²) in [5.41, 5.74) is 0. The second-order valence-electron chi connectivity index (χ2n) is 3.69. The zero-order valence-electron chi connectivity index (χ0n) is 8.81. The lowest BCUT2D eigenvalue weighted by molar-refractivity contribution is 0.286. The largest absolute Gasteiger partial charge is 0.365 e. The molecule has 0 amide bonds. The van der Waals surface area contributed by atoms with Crippen molar-refractivity contribution in [3.63, 3.8) is 0 Å². The third kappa shape index (κ3) is 2.09. The first kappa shape index (κ1) is 13.8. The van der Waals surface area contributed by atoms with Crippen LogP contribution in [0.5, 0.6) is 0 Å². The van der Waals surface area contributed by atoms with E-state index < -0.39 is 20.2 Å². The summed E-state index contributed by atoms with van der Waals surface area (Å²) in [6.45, 7) is 1.57. The summed E-state index contributed by atoms with van der Waals surface area (Å²) < 4.78 is 22.6. The van der Waals surface area contributed by atoms with Gasteiger partial charge in [-0.25, -0.2) is 4.99 Å². The second kappa shape index (κ2) is 3.91. The van der Waals surface area contributed by atoms with E-state index in [1.165, 1.54) is 6.92 Å². The van der Waals surface area contributed by atoms with Crippen LogP contribution in [-0.4, -0.2) is 48.9 Å². The van der Waals surface area contributed by atoms with Crippen molar-refractivity contribution in [1.82, 2.24) is 4.90 Å². The van der Waals surface area contributed by atoms with Gasteiger partial charge in [-0.05, 0) is 6.92 Å². The molecule has 0 bridgehead atoms. The number of aliphatic imine (C=N–C) groups is 1. The third-order valence-corrected chi connectivity index (χ3v) is 6.69. The number of hydrogen-bond acceptors (Lipinski definition) is 4. The molecule has 0 atom stereocenters. The molecule has 4 N–H and O–H groups in total. The molecule has 0 aromatic carbocycles. The molecule has 0 fully saturated rings. The van der Waals surface area contributed by atoms with Crippen LogP contribution in [0.2, 0.25) is 0 Å². The fourth-order valence-corrected chi connectivity index (χ4v) is 4.16. The lowest BCUT2D eigenvalue weighted by atomic mass is 10.3. The van der Waals surface area contributed by atoms with Crippen molar-refractivity contribution in [1.29, 1.82) is 0 Å². The van der Waals surface area contributed by atoms with Crippen LogP contribution in [0.3, 0.4) is 0 Å². The molecule has 0 saturated carbocycles. The highest BCUT2D eigenvalue weighted by atomic mass is 31.2. The molecule has 0 spiro atoms. The lowest BCUT2D eigenvalue weighted by Gasteiger charge is -2.37. The highest BCUT2D eigenvalue weighted by molar-refractivity contribution is 7.72. The Bertz CT molecular complexity index is 387. The van der Waals surface area contributed by atoms with Crippen LogP contribution in [0.15, 0.2) is 4.99 Å². The van der Waals surface area contributed by atoms with E-state index in [1.54, 1.807) is 11.9 Å². The van der Waals surface area contributed by atoms with Crippen LogP contribution in [0.25, 0.3) is 0 Å². The van der Waals surface area contributed by atoms with E-state index in [1.807, 2.05) is 0 Å². The molecule has 10 heteroatoms. The molecule has 0 aromatic rings. The van der Waals surface area contributed by atoms with Crippen LogP contribution in [0.4, 0.5) is 0 Å². The molecule has 1 aliphatic heterocycles. The summed E-state index contributed by atoms with van der Waals surface area (Å²) >= 11 is 0. The molecular formula is C6H14N2O6P2. The van der Waals surface area contributed by atoms with E-state index in [9.17, 15) is 9.13 Å². The first-order valence-corrected chi connectivity index (χ1v) is 7.62. The van der Waals surface area contributed by atoms with Crippen LogP contribution >= 0.6 is 15.2 Å². The minimum absolute atomic E-state index is 0.131. The van der Waals surface area contributed by atoms with Gasteiger partial charge in [0.2, 0.25) is 0 Å². The minimum atomic E-state index is -5.03. The Morgan fingerprint density at radius 2 is 1.69 bits per heavy atom. The van der Waals surface area contributed by atoms with Crippen LogP contribution < -0.4 is 0 Å². The SMILES string of the molecule is CC1=NC(P(=O)(O)O)(P(=O)(O)O)CCN1C. The van der Waals surface area contributed by atoms with Crippen LogP contribution in [-0.2, 0) is 9.13 Å². The first-order valence-electron chi connectivity index (χ1n) is 4.40. The maximum atomic E-state index is 11.3. The van der Waals surface area contributed by atoms with E-state index in [4.69, 9.17) is 19.6 Å². The Morgan fingerprint density at radius 3 is 2.00 bits per heavy atom. The Balaban J connectivity index is 3.41. The smallest absolute Gasteiger partial charge is 0.363 e. The Labute approximate surface area is 92.3 Å². The van der Waals surface area contributed by atoms with Crippen molar-refractivity contribution in [3.05, 3.63) is 0 Å². The average molecular weight is 272 g/mol. The van der Waals surface area contributed by atoms with Gasteiger partial charge in [0.1, 0.15) is 0 Å². The zero-order valence-corrected chi connectivity index (χ0v) is 10.6. The second-order valence-corrected chi connectivity index (χ2v) is 7.70. The van der Waals surface area contributed by atoms with E-state index >= 15 is 0 Å². The van der Waals surface area contributed by atoms with E-state index in [2.05, 4.69) is 4.99 Å². The number of amidine groups is 1. The van der Waals surface area contributed by atoms with Gasteiger partial charge >= 0.3 is 15.2 Å². The van der Waals surface area contributed by atoms with Crippen molar-refractivity contribution in [2.24, 2.45) is 4.99 Å². The van der Waals surface area contributed by atoms with Crippen LogP contribution in [0.1, 0.15) is 13.3 Å². The number of hydrogen-bond donors (Lipinski definition) is 4. The maximum Gasteiger partial charge on any atom is 0.365 e. The topological polar surface area (TPSA) is 131 Å². The van der Waals surface area contributed by atoms with Crippen molar-refractivity contribution in [2.45, 2.75) is 18.4 Å². The third-order valence-electron chi connectivity index (χ3n) is 2.61. The molecular weight excluding hydrogens is 258 g/mol. The molecule has 0 saturated heterocycles. The molecule has 1 heterocycles. The van der Waals surface area contributed by atoms with Gasteiger partial charge < -0.3 is 24.5 Å². The molecule has 1 rings (SSSR count). The standard InChI is InChI=1S/C6H14N2O6P2/c1-5-7-6(15(9,10)11,16(12,13)14)3-4-8(5)2/h3-4H2,1-2H3,(H2,9,10,11)(H2,12,13,14). The number of nitrogens with zero attached hydrogens (tertiary/aromatic N) is 2. The first-order chi connectivity index (χ1) is 7.01. The van der Waals surface area contributed by atoms with E-state index in [0.717, 1.165) is 0 Å². The Morgan fingerprint density at radius 1 is 1.25 bits per heavy atom. The van der Waals surface area contributed by atoms with Gasteiger partial charge in [0, 0.05) is 20.0 Å². The van der Waals surface area contributed by atoms with Gasteiger partial charge in [-0.1, -0.05) is 0 Å². The van der Waals surface area contributed by atoms with Crippen molar-refractivity contribution in [2.75, 3.05) is 13.6 Å². The van der Waals surface area contributed by atoms with Gasteiger partial charge in [0.05, 0.1) is 5.84 Å². The highest BCUT2D eigenvalue weighted by Gasteiger charge is 2.61. The molecule has 8 nitrogen and oxygen atoms in total. The van der Waals surface area contributed by atoms with E-state index in [-0.39, 0.29) is 18.8 Å². The predicted octanol–water partition coefficient (Wildman–Crippen LogP) is -0.251. The van der Waals surface area contributed by atoms with Gasteiger partial charge in [-0.2, -0.15) is 0 Å². The summed E-state index contributed by atoms with van der Waals surface area (Å²) in [5, 5.41) is -2.61. The molecule has 16 heavy (non-hydrogen) atoms. The fourth-order valence-electron chi connectivity index (χ4n) is 1.47. The Kier molecular flexibility index (Phi) is 3.38. The summed E-state index contributed by atoms with van der Waals surface area (Å²) in [7, 11) is -8.44. The Hall–Kier alpha value is -0.230. The van der Waals surface area contributed by atoms with E-state index in [0.29, 0.717) is 0 Å². The summed E-state index contributed by atoms with van der Waals surface area (Å²) in [4.78, 5) is 41.6. The molecule has 0 radical (unpaired) electrons. The molecule has 94 valence electrons. The fraction of sp³-hybridized carbons (Fsp3) is 0.833. The minimum Gasteiger partial charge on any atom is -0.363 e. The van der Waals surface area contributed by atoms with Crippen molar-refractivity contribution < 1.29 is 28.7 Å². The number of rotatable bonds is 2. The molecule has 0 aromatic heterocycles. The highest BCUT2D eigenvalue weighted by Crippen LogP contribution is 2.71. The molecule has 0 unspecified atom stereocenters. The summed E-state index contributed by atoms with van der Waals surface area (Å²) in [6.07, 6.45) is -0.380.